The number of rotatable bonds is 18. The number of nitrogens with two attached hydrogens (primary N) is 1. The van der Waals surface area contributed by atoms with Gasteiger partial charge in [0.2, 0.25) is 11.8 Å². The number of urea groups is 1. The van der Waals surface area contributed by atoms with Gasteiger partial charge in [-0.15, -0.1) is 10.2 Å². The van der Waals surface area contributed by atoms with Gasteiger partial charge in [-0.05, 0) is 103 Å². The molecule has 3 saturated heterocycles. The van der Waals surface area contributed by atoms with Crippen molar-refractivity contribution in [3.05, 3.63) is 89.5 Å². The van der Waals surface area contributed by atoms with Crippen molar-refractivity contribution in [3.8, 4) is 5.75 Å². The van der Waals surface area contributed by atoms with E-state index in [9.17, 15) is 33.2 Å². The molecule has 0 bridgehead atoms. The molecule has 67 heavy (non-hydrogen) atoms. The van der Waals surface area contributed by atoms with E-state index < -0.39 is 23.6 Å². The van der Waals surface area contributed by atoms with Gasteiger partial charge in [0, 0.05) is 106 Å². The highest BCUT2D eigenvalue weighted by molar-refractivity contribution is 8.82. The molecule has 21 heteroatoms. The molecule has 4 aliphatic rings. The van der Waals surface area contributed by atoms with Crippen molar-refractivity contribution in [3.63, 3.8) is 0 Å². The summed E-state index contributed by atoms with van der Waals surface area (Å²) in [5, 5.41) is 14.8. The predicted molar refractivity (Wildman–Crippen MR) is 252 cm³/mol. The van der Waals surface area contributed by atoms with Crippen molar-refractivity contribution >= 4 is 73.8 Å². The Morgan fingerprint density at radius 2 is 1.67 bits per heavy atom. The van der Waals surface area contributed by atoms with Crippen LogP contribution in [0, 0.1) is 11.7 Å². The number of piperidine rings is 1. The summed E-state index contributed by atoms with van der Waals surface area (Å²) < 4.78 is 20.7. The number of hydroxylamine groups is 2. The fourth-order valence-corrected chi connectivity index (χ4v) is 9.60. The minimum absolute atomic E-state index is 0.00816. The highest BCUT2D eigenvalue weighted by Crippen LogP contribution is 2.47. The highest BCUT2D eigenvalue weighted by atomic mass is 33.1. The molecular weight excluding hydrogens is 904 g/mol. The average Bonchev–Trinajstić information content (AvgIpc) is 4.10. The number of benzene rings is 2. The Labute approximate surface area is 396 Å². The standard InChI is InChI=1S/C46H55FN10O8S2/c1-30(31-7-10-36(11-8-31)64-24-3-5-43(61)65-57-41(59)12-13-42(57)60)52-53-45(48)67-66-25-16-40(58)55-22-20-54(21-23-55)35-14-18-56(19-15-35)46(63)50-29-33-6-9-34(26-39(33)47)51-44(62)38-27-37(38)32-4-2-17-49-28-32/h2,4,6-11,17,26,28,35,37-38H,3,5,12-16,18-25,27,29H2,1H3,(H2,48,53)(H,50,63)(H,51,62)/b52-30+. The predicted octanol–water partition coefficient (Wildman–Crippen LogP) is 5.06. The molecule has 4 heterocycles. The van der Waals surface area contributed by atoms with Gasteiger partial charge < -0.3 is 35.7 Å². The topological polar surface area (TPSA) is 222 Å². The first-order valence-corrected chi connectivity index (χ1v) is 24.7. The lowest BCUT2D eigenvalue weighted by molar-refractivity contribution is -0.197. The van der Waals surface area contributed by atoms with Crippen molar-refractivity contribution < 1.29 is 42.7 Å². The minimum Gasteiger partial charge on any atom is -0.494 e. The number of aromatic nitrogens is 1. The molecule has 6 amide bonds. The summed E-state index contributed by atoms with van der Waals surface area (Å²) in [6.07, 6.45) is 6.63. The van der Waals surface area contributed by atoms with Crippen molar-refractivity contribution in [2.75, 3.05) is 56.9 Å². The van der Waals surface area contributed by atoms with E-state index in [1.807, 2.05) is 29.2 Å². The molecule has 2 unspecified atom stereocenters. The third-order valence-electron chi connectivity index (χ3n) is 12.0. The van der Waals surface area contributed by atoms with Crippen LogP contribution in [0.2, 0.25) is 0 Å². The van der Waals surface area contributed by atoms with E-state index in [2.05, 4.69) is 30.7 Å². The number of imide groups is 1. The number of piperazine rings is 1. The second kappa shape index (κ2) is 23.6. The minimum atomic E-state index is -0.672. The highest BCUT2D eigenvalue weighted by Gasteiger charge is 2.44. The maximum absolute atomic E-state index is 15.0. The Morgan fingerprint density at radius 3 is 2.37 bits per heavy atom. The average molecular weight is 959 g/mol. The van der Waals surface area contributed by atoms with Crippen LogP contribution < -0.4 is 21.1 Å². The number of nitrogens with zero attached hydrogens (tertiary/aromatic N) is 7. The van der Waals surface area contributed by atoms with Crippen LogP contribution in [-0.4, -0.2) is 129 Å². The van der Waals surface area contributed by atoms with Crippen molar-refractivity contribution in [2.24, 2.45) is 21.9 Å². The number of carbonyl (C=O) groups is 6. The van der Waals surface area contributed by atoms with Crippen molar-refractivity contribution in [1.82, 2.24) is 30.1 Å². The molecule has 18 nitrogen and oxygen atoms in total. The Bertz CT molecular complexity index is 2310. The second-order valence-electron chi connectivity index (χ2n) is 16.6. The number of anilines is 1. The molecule has 356 valence electrons. The molecule has 0 radical (unpaired) electrons. The van der Waals surface area contributed by atoms with Gasteiger partial charge in [0.15, 0.2) is 5.17 Å². The zero-order chi connectivity index (χ0) is 47.3. The first kappa shape index (κ1) is 48.9. The number of ether oxygens (including phenoxy) is 1. The molecule has 3 aliphatic heterocycles. The monoisotopic (exact) mass is 958 g/mol. The molecular formula is C46H55FN10O8S2. The van der Waals surface area contributed by atoms with Crippen LogP contribution in [0.1, 0.15) is 80.9 Å². The summed E-state index contributed by atoms with van der Waals surface area (Å²) in [7, 11) is 2.70. The number of nitrogens with one attached hydrogen (secondary N) is 2. The molecule has 0 spiro atoms. The Hall–Kier alpha value is -6.06. The second-order valence-corrected chi connectivity index (χ2v) is 19.1. The Kier molecular flexibility index (Phi) is 17.2. The maximum Gasteiger partial charge on any atom is 0.333 e. The normalized spacial score (nSPS) is 19.3. The van der Waals surface area contributed by atoms with Crippen LogP contribution in [0.25, 0.3) is 0 Å². The number of likely N-dealkylation sites (tertiary alicyclic amines) is 1. The van der Waals surface area contributed by atoms with E-state index in [0.29, 0.717) is 78.6 Å². The molecule has 4 N–H and O–H groups in total. The molecule has 1 saturated carbocycles. The Balaban J connectivity index is 0.720. The zero-order valence-corrected chi connectivity index (χ0v) is 38.9. The lowest BCUT2D eigenvalue weighted by atomic mass is 10.0. The first-order chi connectivity index (χ1) is 32.4. The number of carbonyl (C=O) groups excluding carboxylic acids is 6. The smallest absolute Gasteiger partial charge is 0.333 e. The van der Waals surface area contributed by atoms with Gasteiger partial charge in [0.05, 0.1) is 18.7 Å². The summed E-state index contributed by atoms with van der Waals surface area (Å²) in [4.78, 5) is 88.9. The van der Waals surface area contributed by atoms with Crippen molar-refractivity contribution in [2.45, 2.75) is 76.8 Å². The van der Waals surface area contributed by atoms with Gasteiger partial charge >= 0.3 is 12.0 Å². The van der Waals surface area contributed by atoms with Crippen molar-refractivity contribution in [1.29, 1.82) is 0 Å². The summed E-state index contributed by atoms with van der Waals surface area (Å²) >= 11 is 0. The van der Waals surface area contributed by atoms with Gasteiger partial charge in [-0.1, -0.05) is 22.9 Å². The van der Waals surface area contributed by atoms with E-state index in [1.54, 1.807) is 48.5 Å². The number of halogens is 1. The lowest BCUT2D eigenvalue weighted by Crippen LogP contribution is -2.55. The van der Waals surface area contributed by atoms with Crippen LogP contribution in [0.15, 0.2) is 77.2 Å². The number of hydrogen-bond acceptors (Lipinski definition) is 14. The van der Waals surface area contributed by atoms with Gasteiger partial charge in [0.1, 0.15) is 11.6 Å². The first-order valence-electron chi connectivity index (χ1n) is 22.4. The molecule has 3 aromatic rings. The number of amidine groups is 1. The van der Waals surface area contributed by atoms with E-state index in [4.69, 9.17) is 15.3 Å². The van der Waals surface area contributed by atoms with Crippen LogP contribution in [0.4, 0.5) is 14.9 Å². The molecule has 4 fully saturated rings. The summed E-state index contributed by atoms with van der Waals surface area (Å²) in [5.41, 5.74) is 9.27. The molecule has 2 atom stereocenters. The number of hydrogen-bond donors (Lipinski definition) is 3. The fraction of sp³-hybridized carbons (Fsp3) is 0.457. The largest absolute Gasteiger partial charge is 0.494 e. The SMILES string of the molecule is C/C(=N\N=C(N)SSCCC(=O)N1CCN(C2CCN(C(=O)NCc3ccc(NC(=O)C4CC4c4cccnc4)cc3F)CC2)CC1)c1ccc(OCCCC(=O)ON2C(=O)CCC2=O)cc1. The maximum atomic E-state index is 15.0. The van der Waals surface area contributed by atoms with E-state index >= 15 is 0 Å². The zero-order valence-electron chi connectivity index (χ0n) is 37.3. The molecule has 1 aromatic heterocycles. The number of pyridine rings is 1. The van der Waals surface area contributed by atoms with E-state index in [1.165, 1.54) is 27.7 Å². The van der Waals surface area contributed by atoms with Gasteiger partial charge in [-0.2, -0.15) is 5.10 Å². The van der Waals surface area contributed by atoms with Crippen LogP contribution in [0.3, 0.4) is 0 Å². The fourth-order valence-electron chi connectivity index (χ4n) is 8.10. The third-order valence-corrected chi connectivity index (χ3v) is 14.1. The molecule has 1 aliphatic carbocycles. The van der Waals surface area contributed by atoms with Crippen LogP contribution in [0.5, 0.6) is 5.75 Å². The summed E-state index contributed by atoms with van der Waals surface area (Å²) in [5.74, 6) is -1.14. The Morgan fingerprint density at radius 1 is 0.925 bits per heavy atom. The van der Waals surface area contributed by atoms with E-state index in [-0.39, 0.29) is 67.3 Å². The molecule has 2 aromatic carbocycles. The lowest BCUT2D eigenvalue weighted by Gasteiger charge is -2.42. The van der Waals surface area contributed by atoms with Crippen LogP contribution >= 0.6 is 21.6 Å². The number of amides is 6. The van der Waals surface area contributed by atoms with Gasteiger partial charge in [0.25, 0.3) is 11.8 Å². The van der Waals surface area contributed by atoms with Crippen LogP contribution in [-0.2, 0) is 35.4 Å². The summed E-state index contributed by atoms with van der Waals surface area (Å²) in [6, 6.07) is 15.6. The third kappa shape index (κ3) is 14.0. The quantitative estimate of drug-likeness (QED) is 0.0380. The molecule has 7 rings (SSSR count). The van der Waals surface area contributed by atoms with Gasteiger partial charge in [-0.25, -0.2) is 14.0 Å². The van der Waals surface area contributed by atoms with E-state index in [0.717, 1.165) is 43.5 Å². The van der Waals surface area contributed by atoms with Gasteiger partial charge in [-0.3, -0.25) is 29.1 Å². The summed E-state index contributed by atoms with van der Waals surface area (Å²) in [6.45, 7) is 6.07.